The van der Waals surface area contributed by atoms with Gasteiger partial charge in [0.05, 0.1) is 18.6 Å². The highest BCUT2D eigenvalue weighted by Crippen LogP contribution is 2.16. The van der Waals surface area contributed by atoms with Crippen LogP contribution < -0.4 is 0 Å². The van der Waals surface area contributed by atoms with Gasteiger partial charge in [0.1, 0.15) is 0 Å². The largest absolute Gasteiger partial charge is 0.444 e. The van der Waals surface area contributed by atoms with Crippen LogP contribution in [-0.2, 0) is 12.7 Å². The molecule has 100 valence electrons. The van der Waals surface area contributed by atoms with Gasteiger partial charge in [-0.05, 0) is 32.6 Å². The van der Waals surface area contributed by atoms with Crippen molar-refractivity contribution in [1.29, 1.82) is 5.26 Å². The lowest BCUT2D eigenvalue weighted by molar-refractivity contribution is 0.217. The number of rotatable bonds is 9. The first-order valence-corrected chi connectivity index (χ1v) is 12.7. The van der Waals surface area contributed by atoms with Gasteiger partial charge in [-0.25, -0.2) is 0 Å². The summed E-state index contributed by atoms with van der Waals surface area (Å²) in [5.74, 6) is -0.0654. The van der Waals surface area contributed by atoms with E-state index in [1.165, 1.54) is 0 Å². The van der Waals surface area contributed by atoms with Crippen LogP contribution in [0.2, 0.25) is 25.7 Å². The molecule has 2 unspecified atom stereocenters. The van der Waals surface area contributed by atoms with Crippen molar-refractivity contribution in [2.75, 3.05) is 6.61 Å². The van der Waals surface area contributed by atoms with Gasteiger partial charge in [-0.15, -0.1) is 0 Å². The van der Waals surface area contributed by atoms with Crippen molar-refractivity contribution in [3.05, 3.63) is 0 Å². The van der Waals surface area contributed by atoms with Crippen LogP contribution in [0.3, 0.4) is 0 Å². The lowest BCUT2D eigenvalue weighted by Crippen LogP contribution is -2.42. The molecule has 0 bridgehead atoms. The molecule has 0 heterocycles. The summed E-state index contributed by atoms with van der Waals surface area (Å²) in [6, 6.07) is 3.16. The zero-order valence-electron chi connectivity index (χ0n) is 11.7. The van der Waals surface area contributed by atoms with E-state index in [4.69, 9.17) is 17.9 Å². The Hall–Kier alpha value is 0.0206. The highest BCUT2D eigenvalue weighted by atomic mass is 28.4. The van der Waals surface area contributed by atoms with Crippen LogP contribution in [0.4, 0.5) is 0 Å². The molecule has 0 aromatic rings. The maximum Gasteiger partial charge on any atom is 0.325 e. The van der Waals surface area contributed by atoms with E-state index in [1.54, 1.807) is 0 Å². The van der Waals surface area contributed by atoms with Crippen LogP contribution in [0.1, 0.15) is 20.3 Å². The Morgan fingerprint density at radius 2 is 2.12 bits per heavy atom. The van der Waals surface area contributed by atoms with Gasteiger partial charge in [0.2, 0.25) is 0 Å². The third-order valence-corrected chi connectivity index (χ3v) is 10.6. The second kappa shape index (κ2) is 9.02. The van der Waals surface area contributed by atoms with Crippen molar-refractivity contribution in [1.82, 2.24) is 0 Å². The molecule has 4 nitrogen and oxygen atoms in total. The van der Waals surface area contributed by atoms with E-state index in [-0.39, 0.29) is 5.92 Å². The topological polar surface area (TPSA) is 51.5 Å². The zero-order valence-corrected chi connectivity index (χ0v) is 15.2. The van der Waals surface area contributed by atoms with Crippen molar-refractivity contribution in [3.8, 4) is 6.07 Å². The minimum atomic E-state index is -2.09. The summed E-state index contributed by atoms with van der Waals surface area (Å²) in [6.07, 6.45) is 1.05. The average molecular weight is 292 g/mol. The number of nitriles is 1. The summed E-state index contributed by atoms with van der Waals surface area (Å²) in [5.41, 5.74) is 0. The van der Waals surface area contributed by atoms with E-state index in [2.05, 4.69) is 32.6 Å². The fraction of sp³-hybridized carbons (Fsp3) is 0.900. The standard InChI is InChI=1S/C10H25NO3Si3/c1-6-7-17(5,12-9-10(2)8-11)14-15-13-16(3)4/h10,16H,6-7,9,15H2,1-5H3. The minimum absolute atomic E-state index is 0.0654. The maximum absolute atomic E-state index is 8.74. The van der Waals surface area contributed by atoms with Crippen molar-refractivity contribution in [3.63, 3.8) is 0 Å². The second-order valence-corrected chi connectivity index (χ2v) is 12.6. The highest BCUT2D eigenvalue weighted by molar-refractivity contribution is 6.71. The maximum atomic E-state index is 8.74. The number of nitrogens with zero attached hydrogens (tertiary/aromatic N) is 1. The van der Waals surface area contributed by atoms with Gasteiger partial charge in [0, 0.05) is 0 Å². The van der Waals surface area contributed by atoms with E-state index >= 15 is 0 Å². The van der Waals surface area contributed by atoms with Crippen LogP contribution in [0.25, 0.3) is 0 Å². The van der Waals surface area contributed by atoms with Crippen molar-refractivity contribution in [2.24, 2.45) is 5.92 Å². The molecule has 0 radical (unpaired) electrons. The van der Waals surface area contributed by atoms with E-state index < -0.39 is 27.6 Å². The van der Waals surface area contributed by atoms with Crippen LogP contribution in [0.15, 0.2) is 0 Å². The molecular formula is C10H25NO3Si3. The first kappa shape index (κ1) is 17.0. The van der Waals surface area contributed by atoms with Crippen LogP contribution >= 0.6 is 0 Å². The van der Waals surface area contributed by atoms with Crippen molar-refractivity contribution in [2.45, 2.75) is 46.0 Å². The van der Waals surface area contributed by atoms with Crippen LogP contribution in [0.5, 0.6) is 0 Å². The SMILES string of the molecule is CCC[Si](C)(OCC(C)C#N)O[SiH2]O[SiH](C)C. The Labute approximate surface area is 110 Å². The van der Waals surface area contributed by atoms with Gasteiger partial charge in [-0.2, -0.15) is 5.26 Å². The highest BCUT2D eigenvalue weighted by Gasteiger charge is 2.30. The molecule has 0 N–H and O–H groups in total. The molecule has 0 amide bonds. The molecule has 0 aliphatic heterocycles. The Kier molecular flexibility index (Phi) is 9.03. The monoisotopic (exact) mass is 291 g/mol. The minimum Gasteiger partial charge on any atom is -0.444 e. The summed E-state index contributed by atoms with van der Waals surface area (Å²) < 4.78 is 17.5. The molecule has 2 atom stereocenters. The molecule has 0 aromatic heterocycles. The fourth-order valence-corrected chi connectivity index (χ4v) is 6.81. The molecule has 7 heteroatoms. The van der Waals surface area contributed by atoms with Gasteiger partial charge < -0.3 is 12.7 Å². The summed E-state index contributed by atoms with van der Waals surface area (Å²) in [7, 11) is -3.96. The third-order valence-electron chi connectivity index (χ3n) is 2.33. The second-order valence-electron chi connectivity index (χ2n) is 4.70. The predicted molar refractivity (Wildman–Crippen MR) is 77.0 cm³/mol. The lowest BCUT2D eigenvalue weighted by atomic mass is 10.2. The summed E-state index contributed by atoms with van der Waals surface area (Å²) in [6.45, 7) is 10.9. The van der Waals surface area contributed by atoms with E-state index in [0.717, 1.165) is 12.5 Å². The van der Waals surface area contributed by atoms with Gasteiger partial charge >= 0.3 is 8.56 Å². The molecule has 0 saturated carbocycles. The van der Waals surface area contributed by atoms with Gasteiger partial charge in [0.25, 0.3) is 10.0 Å². The van der Waals surface area contributed by atoms with Gasteiger partial charge in [-0.1, -0.05) is 13.3 Å². The number of hydrogen-bond acceptors (Lipinski definition) is 4. The molecule has 0 aromatic carbocycles. The van der Waals surface area contributed by atoms with Gasteiger partial charge in [0.15, 0.2) is 9.04 Å². The molecule has 0 rings (SSSR count). The Balaban J connectivity index is 4.11. The summed E-state index contributed by atoms with van der Waals surface area (Å²) >= 11 is 0. The summed E-state index contributed by atoms with van der Waals surface area (Å²) in [4.78, 5) is 0. The van der Waals surface area contributed by atoms with E-state index in [9.17, 15) is 0 Å². The van der Waals surface area contributed by atoms with Gasteiger partial charge in [-0.3, -0.25) is 0 Å². The first-order valence-electron chi connectivity index (χ1n) is 6.22. The molecule has 0 aliphatic carbocycles. The van der Waals surface area contributed by atoms with Crippen LogP contribution in [0, 0.1) is 17.2 Å². The average Bonchev–Trinajstić information content (AvgIpc) is 2.26. The molecule has 0 aliphatic rings. The fourth-order valence-electron chi connectivity index (χ4n) is 1.27. The van der Waals surface area contributed by atoms with Crippen molar-refractivity contribution < 1.29 is 12.7 Å². The quantitative estimate of drug-likeness (QED) is 0.606. The van der Waals surface area contributed by atoms with E-state index in [1.807, 2.05) is 6.92 Å². The summed E-state index contributed by atoms with van der Waals surface area (Å²) in [5, 5.41) is 8.74. The Bertz CT molecular complexity index is 247. The zero-order chi connectivity index (χ0) is 13.3. The smallest absolute Gasteiger partial charge is 0.325 e. The van der Waals surface area contributed by atoms with Crippen LogP contribution in [-0.4, -0.2) is 34.2 Å². The predicted octanol–water partition coefficient (Wildman–Crippen LogP) is 1.66. The lowest BCUT2D eigenvalue weighted by Gasteiger charge is -2.28. The van der Waals surface area contributed by atoms with E-state index in [0.29, 0.717) is 6.61 Å². The first-order chi connectivity index (χ1) is 7.93. The molecule has 17 heavy (non-hydrogen) atoms. The van der Waals surface area contributed by atoms with Crippen molar-refractivity contribution >= 4 is 27.6 Å². The molecular weight excluding hydrogens is 266 g/mol. The molecule has 0 saturated heterocycles. The Morgan fingerprint density at radius 1 is 1.47 bits per heavy atom. The molecule has 0 fully saturated rings. The Morgan fingerprint density at radius 3 is 2.59 bits per heavy atom. The third kappa shape index (κ3) is 8.70. The molecule has 0 spiro atoms. The normalized spacial score (nSPS) is 17.2. The number of hydrogen-bond donors (Lipinski definition) is 0.